The number of aryl methyl sites for hydroxylation is 2. The molecule has 0 spiro atoms. The van der Waals surface area contributed by atoms with Gasteiger partial charge in [-0.25, -0.2) is 4.39 Å². The van der Waals surface area contributed by atoms with E-state index in [1.165, 1.54) is 0 Å². The molecule has 0 unspecified atom stereocenters. The summed E-state index contributed by atoms with van der Waals surface area (Å²) >= 11 is 0. The van der Waals surface area contributed by atoms with Crippen molar-refractivity contribution < 1.29 is 4.39 Å². The average Bonchev–Trinajstić information content (AvgIpc) is 2.18. The second kappa shape index (κ2) is 4.94. The lowest BCUT2D eigenvalue weighted by Crippen LogP contribution is -1.95. The number of halogens is 1. The van der Waals surface area contributed by atoms with Crippen LogP contribution in [0.3, 0.4) is 0 Å². The third-order valence-corrected chi connectivity index (χ3v) is 2.55. The first kappa shape index (κ1) is 11.0. The van der Waals surface area contributed by atoms with E-state index in [4.69, 9.17) is 0 Å². The maximum atomic E-state index is 13.7. The van der Waals surface area contributed by atoms with Gasteiger partial charge < -0.3 is 0 Å². The Hall–Kier alpha value is -1.11. The molecule has 0 aromatic heterocycles. The summed E-state index contributed by atoms with van der Waals surface area (Å²) in [5, 5.41) is 0. The molecule has 0 amide bonds. The minimum absolute atomic E-state index is 0.0329. The predicted molar refractivity (Wildman–Crippen MR) is 59.0 cm³/mol. The second-order valence-electron chi connectivity index (χ2n) is 3.59. The van der Waals surface area contributed by atoms with E-state index in [-0.39, 0.29) is 5.82 Å². The quantitative estimate of drug-likeness (QED) is 0.636. The third-order valence-electron chi connectivity index (χ3n) is 2.55. The minimum atomic E-state index is -0.0329. The van der Waals surface area contributed by atoms with Gasteiger partial charge in [0.05, 0.1) is 0 Å². The number of benzene rings is 1. The van der Waals surface area contributed by atoms with Gasteiger partial charge in [0, 0.05) is 0 Å². The monoisotopic (exact) mass is 192 g/mol. The smallest absolute Gasteiger partial charge is 0.129 e. The van der Waals surface area contributed by atoms with Crippen molar-refractivity contribution in [3.8, 4) is 0 Å². The molecule has 0 saturated carbocycles. The van der Waals surface area contributed by atoms with Crippen molar-refractivity contribution in [3.05, 3.63) is 46.8 Å². The van der Waals surface area contributed by atoms with Crippen molar-refractivity contribution in [3.63, 3.8) is 0 Å². The lowest BCUT2D eigenvalue weighted by Gasteiger charge is -2.06. The average molecular weight is 192 g/mol. The fourth-order valence-corrected chi connectivity index (χ4v) is 1.44. The molecule has 76 valence electrons. The van der Waals surface area contributed by atoms with Gasteiger partial charge in [0.2, 0.25) is 0 Å². The SMILES string of the molecule is C/C=C/CCc1ccc(C)c(C)c1F. The highest BCUT2D eigenvalue weighted by Gasteiger charge is 2.05. The van der Waals surface area contributed by atoms with Crippen LogP contribution in [0.15, 0.2) is 24.3 Å². The topological polar surface area (TPSA) is 0 Å². The van der Waals surface area contributed by atoms with E-state index in [1.54, 1.807) is 0 Å². The molecule has 1 aromatic rings. The fourth-order valence-electron chi connectivity index (χ4n) is 1.44. The van der Waals surface area contributed by atoms with Crippen molar-refractivity contribution in [2.45, 2.75) is 33.6 Å². The van der Waals surface area contributed by atoms with Crippen LogP contribution in [-0.2, 0) is 6.42 Å². The van der Waals surface area contributed by atoms with Gasteiger partial charge in [0.1, 0.15) is 5.82 Å². The molecule has 0 fully saturated rings. The first-order chi connectivity index (χ1) is 6.66. The fraction of sp³-hybridized carbons (Fsp3) is 0.385. The summed E-state index contributed by atoms with van der Waals surface area (Å²) in [6, 6.07) is 3.88. The Kier molecular flexibility index (Phi) is 3.87. The number of hydrogen-bond acceptors (Lipinski definition) is 0. The van der Waals surface area contributed by atoms with Gasteiger partial charge in [-0.2, -0.15) is 0 Å². The molecular weight excluding hydrogens is 175 g/mol. The van der Waals surface area contributed by atoms with Crippen LogP contribution in [0.2, 0.25) is 0 Å². The van der Waals surface area contributed by atoms with E-state index in [0.717, 1.165) is 29.5 Å². The van der Waals surface area contributed by atoms with Crippen LogP contribution in [0.1, 0.15) is 30.0 Å². The second-order valence-corrected chi connectivity index (χ2v) is 3.59. The zero-order chi connectivity index (χ0) is 10.6. The molecule has 0 saturated heterocycles. The van der Waals surface area contributed by atoms with Crippen LogP contribution in [0.25, 0.3) is 0 Å². The van der Waals surface area contributed by atoms with Crippen LogP contribution in [0.5, 0.6) is 0 Å². The Bertz CT molecular complexity index is 337. The molecule has 0 aliphatic heterocycles. The predicted octanol–water partition coefficient (Wildman–Crippen LogP) is 3.95. The van der Waals surface area contributed by atoms with Gasteiger partial charge in [-0.05, 0) is 50.3 Å². The van der Waals surface area contributed by atoms with E-state index in [2.05, 4.69) is 6.08 Å². The normalized spacial score (nSPS) is 11.1. The molecule has 0 aliphatic carbocycles. The molecule has 0 nitrogen and oxygen atoms in total. The lowest BCUT2D eigenvalue weighted by atomic mass is 10.0. The van der Waals surface area contributed by atoms with Gasteiger partial charge in [-0.15, -0.1) is 0 Å². The molecule has 0 aliphatic rings. The molecule has 14 heavy (non-hydrogen) atoms. The van der Waals surface area contributed by atoms with Crippen LogP contribution in [0.4, 0.5) is 4.39 Å². The summed E-state index contributed by atoms with van der Waals surface area (Å²) < 4.78 is 13.7. The standard InChI is InChI=1S/C13H17F/c1-4-5-6-7-12-9-8-10(2)11(3)13(12)14/h4-5,8-9H,6-7H2,1-3H3/b5-4+. The molecular formula is C13H17F. The van der Waals surface area contributed by atoms with Crippen molar-refractivity contribution in [2.24, 2.45) is 0 Å². The van der Waals surface area contributed by atoms with Gasteiger partial charge in [-0.1, -0.05) is 24.3 Å². The highest BCUT2D eigenvalue weighted by molar-refractivity contribution is 5.32. The summed E-state index contributed by atoms with van der Waals surface area (Å²) in [5.41, 5.74) is 2.63. The van der Waals surface area contributed by atoms with Crippen LogP contribution < -0.4 is 0 Å². The van der Waals surface area contributed by atoms with Gasteiger partial charge >= 0.3 is 0 Å². The summed E-state index contributed by atoms with van der Waals surface area (Å²) in [5.74, 6) is -0.0329. The zero-order valence-corrected chi connectivity index (χ0v) is 9.10. The number of rotatable bonds is 3. The molecule has 0 N–H and O–H groups in total. The molecule has 1 rings (SSSR count). The molecule has 1 aromatic carbocycles. The first-order valence-corrected chi connectivity index (χ1v) is 5.02. The van der Waals surface area contributed by atoms with E-state index < -0.39 is 0 Å². The third kappa shape index (κ3) is 2.44. The zero-order valence-electron chi connectivity index (χ0n) is 9.10. The van der Waals surface area contributed by atoms with Gasteiger partial charge in [0.15, 0.2) is 0 Å². The highest BCUT2D eigenvalue weighted by Crippen LogP contribution is 2.17. The van der Waals surface area contributed by atoms with Crippen molar-refractivity contribution in [2.75, 3.05) is 0 Å². The van der Waals surface area contributed by atoms with E-state index in [1.807, 2.05) is 39.0 Å². The molecule has 1 heteroatoms. The van der Waals surface area contributed by atoms with Crippen molar-refractivity contribution >= 4 is 0 Å². The van der Waals surface area contributed by atoms with Gasteiger partial charge in [0.25, 0.3) is 0 Å². The van der Waals surface area contributed by atoms with Gasteiger partial charge in [-0.3, -0.25) is 0 Å². The maximum absolute atomic E-state index is 13.7. The van der Waals surface area contributed by atoms with Crippen LogP contribution in [0, 0.1) is 19.7 Å². The summed E-state index contributed by atoms with van der Waals surface area (Å²) in [6.07, 6.45) is 5.76. The summed E-state index contributed by atoms with van der Waals surface area (Å²) in [7, 11) is 0. The van der Waals surface area contributed by atoms with Crippen molar-refractivity contribution in [1.29, 1.82) is 0 Å². The summed E-state index contributed by atoms with van der Waals surface area (Å²) in [6.45, 7) is 5.76. The Morgan fingerprint density at radius 3 is 2.64 bits per heavy atom. The van der Waals surface area contributed by atoms with E-state index >= 15 is 0 Å². The number of allylic oxidation sites excluding steroid dienone is 2. The largest absolute Gasteiger partial charge is 0.206 e. The molecule has 0 atom stereocenters. The Labute approximate surface area is 85.5 Å². The molecule has 0 bridgehead atoms. The van der Waals surface area contributed by atoms with Crippen LogP contribution in [-0.4, -0.2) is 0 Å². The molecule has 0 heterocycles. The van der Waals surface area contributed by atoms with Crippen molar-refractivity contribution in [1.82, 2.24) is 0 Å². The molecule has 0 radical (unpaired) electrons. The number of hydrogen-bond donors (Lipinski definition) is 0. The summed E-state index contributed by atoms with van der Waals surface area (Å²) in [4.78, 5) is 0. The Morgan fingerprint density at radius 1 is 1.29 bits per heavy atom. The minimum Gasteiger partial charge on any atom is -0.206 e. The van der Waals surface area contributed by atoms with E-state index in [9.17, 15) is 4.39 Å². The lowest BCUT2D eigenvalue weighted by molar-refractivity contribution is 0.599. The Balaban J connectivity index is 2.83. The first-order valence-electron chi connectivity index (χ1n) is 5.02. The Morgan fingerprint density at radius 2 is 2.00 bits per heavy atom. The maximum Gasteiger partial charge on any atom is 0.129 e. The van der Waals surface area contributed by atoms with Crippen LogP contribution >= 0.6 is 0 Å². The van der Waals surface area contributed by atoms with E-state index in [0.29, 0.717) is 0 Å². The highest BCUT2D eigenvalue weighted by atomic mass is 19.1.